The molecule has 2 rings (SSSR count). The Balaban J connectivity index is 2.07. The summed E-state index contributed by atoms with van der Waals surface area (Å²) in [5, 5.41) is 0.792. The van der Waals surface area contributed by atoms with Crippen LogP contribution < -0.4 is 4.74 Å². The molecule has 22 heavy (non-hydrogen) atoms. The van der Waals surface area contributed by atoms with Crippen LogP contribution >= 0.6 is 23.2 Å². The van der Waals surface area contributed by atoms with Gasteiger partial charge in [-0.3, -0.25) is 0 Å². The van der Waals surface area contributed by atoms with E-state index in [1.165, 1.54) is 0 Å². The van der Waals surface area contributed by atoms with Crippen molar-refractivity contribution in [3.63, 3.8) is 0 Å². The van der Waals surface area contributed by atoms with Crippen molar-refractivity contribution in [1.29, 1.82) is 0 Å². The highest BCUT2D eigenvalue weighted by molar-refractivity contribution is 6.32. The molecule has 0 saturated heterocycles. The summed E-state index contributed by atoms with van der Waals surface area (Å²) in [5.41, 5.74) is 1.62. The molecule has 0 amide bonds. The lowest BCUT2D eigenvalue weighted by molar-refractivity contribution is 0.239. The Morgan fingerprint density at radius 3 is 2.55 bits per heavy atom. The Morgan fingerprint density at radius 2 is 1.91 bits per heavy atom. The molecule has 0 N–H and O–H groups in total. The quantitative estimate of drug-likeness (QED) is 0.651. The van der Waals surface area contributed by atoms with Gasteiger partial charge < -0.3 is 4.74 Å². The van der Waals surface area contributed by atoms with Crippen molar-refractivity contribution in [2.24, 2.45) is 11.8 Å². The summed E-state index contributed by atoms with van der Waals surface area (Å²) >= 11 is 12.1. The Morgan fingerprint density at radius 1 is 1.14 bits per heavy atom. The van der Waals surface area contributed by atoms with E-state index in [1.54, 1.807) is 12.3 Å². The molecule has 1 heterocycles. The lowest BCUT2D eigenvalue weighted by Crippen LogP contribution is -2.11. The predicted molar refractivity (Wildman–Crippen MR) is 91.6 cm³/mol. The van der Waals surface area contributed by atoms with Crippen LogP contribution in [0.3, 0.4) is 0 Å². The molecule has 0 fully saturated rings. The molecule has 118 valence electrons. The van der Waals surface area contributed by atoms with Gasteiger partial charge in [0.1, 0.15) is 5.75 Å². The number of halogens is 2. The van der Waals surface area contributed by atoms with Crippen LogP contribution in [0.4, 0.5) is 0 Å². The number of ether oxygens (including phenoxy) is 1. The second kappa shape index (κ2) is 7.80. The average molecular weight is 339 g/mol. The van der Waals surface area contributed by atoms with Crippen molar-refractivity contribution >= 4 is 23.2 Å². The molecular weight excluding hydrogens is 319 g/mol. The minimum atomic E-state index is 0.219. The van der Waals surface area contributed by atoms with Crippen molar-refractivity contribution in [2.75, 3.05) is 6.61 Å². The van der Waals surface area contributed by atoms with Gasteiger partial charge in [-0.15, -0.1) is 0 Å². The van der Waals surface area contributed by atoms with E-state index in [0.29, 0.717) is 29.2 Å². The number of rotatable bonds is 6. The first-order valence-electron chi connectivity index (χ1n) is 7.37. The maximum atomic E-state index is 6.31. The molecule has 0 aliphatic carbocycles. The molecule has 0 saturated carbocycles. The third-order valence-electron chi connectivity index (χ3n) is 3.25. The zero-order chi connectivity index (χ0) is 16.1. The summed E-state index contributed by atoms with van der Waals surface area (Å²) in [4.78, 5) is 8.05. The largest absolute Gasteiger partial charge is 0.492 e. The Kier molecular flexibility index (Phi) is 6.04. The maximum absolute atomic E-state index is 6.31. The number of hydrogen-bond donors (Lipinski definition) is 0. The molecule has 2 aromatic rings. The molecule has 3 nitrogen and oxygen atoms in total. The second-order valence-electron chi connectivity index (χ2n) is 5.90. The number of nitrogens with zero attached hydrogens (tertiary/aromatic N) is 2. The van der Waals surface area contributed by atoms with Crippen LogP contribution in [0, 0.1) is 11.8 Å². The third kappa shape index (κ3) is 4.85. The lowest BCUT2D eigenvalue weighted by atomic mass is 10.00. The number of aromatic nitrogens is 2. The van der Waals surface area contributed by atoms with E-state index in [0.717, 1.165) is 17.7 Å². The first kappa shape index (κ1) is 17.0. The summed E-state index contributed by atoms with van der Waals surface area (Å²) in [5.74, 6) is 1.86. The summed E-state index contributed by atoms with van der Waals surface area (Å²) in [6.45, 7) is 7.28. The van der Waals surface area contributed by atoms with Gasteiger partial charge in [-0.05, 0) is 54.1 Å². The van der Waals surface area contributed by atoms with E-state index in [4.69, 9.17) is 27.9 Å². The highest BCUT2D eigenvalue weighted by Gasteiger charge is 2.10. The van der Waals surface area contributed by atoms with Gasteiger partial charge in [0.2, 0.25) is 5.28 Å². The SMILES string of the molecule is CC(C)C[C@@H](C)COc1ccc(-c2ccnc(Cl)n2)cc1Cl. The van der Waals surface area contributed by atoms with E-state index in [1.807, 2.05) is 18.2 Å². The molecule has 0 bridgehead atoms. The molecule has 1 atom stereocenters. The molecule has 0 spiro atoms. The van der Waals surface area contributed by atoms with Crippen molar-refractivity contribution in [2.45, 2.75) is 27.2 Å². The van der Waals surface area contributed by atoms with Gasteiger partial charge in [-0.25, -0.2) is 9.97 Å². The van der Waals surface area contributed by atoms with Crippen LogP contribution in [0.5, 0.6) is 5.75 Å². The first-order valence-corrected chi connectivity index (χ1v) is 8.12. The highest BCUT2D eigenvalue weighted by Crippen LogP contribution is 2.30. The zero-order valence-electron chi connectivity index (χ0n) is 13.0. The Bertz CT molecular complexity index is 632. The van der Waals surface area contributed by atoms with E-state index in [9.17, 15) is 0 Å². The van der Waals surface area contributed by atoms with Gasteiger partial charge in [0.05, 0.1) is 17.3 Å². The standard InChI is InChI=1S/C17H20Cl2N2O/c1-11(2)8-12(3)10-22-16-5-4-13(9-14(16)18)15-6-7-20-17(19)21-15/h4-7,9,11-12H,8,10H2,1-3H3/t12-/m1/s1. The van der Waals surface area contributed by atoms with E-state index < -0.39 is 0 Å². The predicted octanol–water partition coefficient (Wildman–Crippen LogP) is 5.51. The molecule has 0 unspecified atom stereocenters. The van der Waals surface area contributed by atoms with Gasteiger partial charge in [-0.1, -0.05) is 32.4 Å². The lowest BCUT2D eigenvalue weighted by Gasteiger charge is -2.16. The molecular formula is C17H20Cl2N2O. The monoisotopic (exact) mass is 338 g/mol. The van der Waals surface area contributed by atoms with Gasteiger partial charge in [0, 0.05) is 11.8 Å². The van der Waals surface area contributed by atoms with Crippen LogP contribution in [0.25, 0.3) is 11.3 Å². The minimum Gasteiger partial charge on any atom is -0.492 e. The van der Waals surface area contributed by atoms with Crippen LogP contribution in [-0.4, -0.2) is 16.6 Å². The Labute approximate surface area is 141 Å². The molecule has 0 aliphatic rings. The third-order valence-corrected chi connectivity index (χ3v) is 3.73. The van der Waals surface area contributed by atoms with Crippen molar-refractivity contribution in [1.82, 2.24) is 9.97 Å². The summed E-state index contributed by atoms with van der Waals surface area (Å²) in [7, 11) is 0. The fraction of sp³-hybridized carbons (Fsp3) is 0.412. The molecule has 1 aromatic heterocycles. The molecule has 0 aliphatic heterocycles. The normalized spacial score (nSPS) is 12.5. The van der Waals surface area contributed by atoms with Crippen molar-refractivity contribution < 1.29 is 4.74 Å². The van der Waals surface area contributed by atoms with E-state index >= 15 is 0 Å². The van der Waals surface area contributed by atoms with Crippen molar-refractivity contribution in [3.05, 3.63) is 40.8 Å². The number of benzene rings is 1. The maximum Gasteiger partial charge on any atom is 0.222 e. The van der Waals surface area contributed by atoms with Crippen LogP contribution in [0.15, 0.2) is 30.5 Å². The second-order valence-corrected chi connectivity index (χ2v) is 6.65. The molecule has 0 radical (unpaired) electrons. The smallest absolute Gasteiger partial charge is 0.222 e. The summed E-state index contributed by atoms with van der Waals surface area (Å²) < 4.78 is 5.82. The zero-order valence-corrected chi connectivity index (χ0v) is 14.5. The minimum absolute atomic E-state index is 0.219. The van der Waals surface area contributed by atoms with E-state index in [2.05, 4.69) is 30.7 Å². The van der Waals surface area contributed by atoms with Crippen LogP contribution in [0.1, 0.15) is 27.2 Å². The van der Waals surface area contributed by atoms with E-state index in [-0.39, 0.29) is 5.28 Å². The Hall–Kier alpha value is -1.32. The fourth-order valence-corrected chi connectivity index (χ4v) is 2.76. The fourth-order valence-electron chi connectivity index (χ4n) is 2.38. The van der Waals surface area contributed by atoms with Gasteiger partial charge in [0.15, 0.2) is 0 Å². The summed E-state index contributed by atoms with van der Waals surface area (Å²) in [6, 6.07) is 7.42. The van der Waals surface area contributed by atoms with Gasteiger partial charge in [0.25, 0.3) is 0 Å². The van der Waals surface area contributed by atoms with Gasteiger partial charge in [-0.2, -0.15) is 0 Å². The number of hydrogen-bond acceptors (Lipinski definition) is 3. The average Bonchev–Trinajstić information content (AvgIpc) is 2.45. The topological polar surface area (TPSA) is 35.0 Å². The van der Waals surface area contributed by atoms with Crippen molar-refractivity contribution in [3.8, 4) is 17.0 Å². The molecule has 1 aromatic carbocycles. The van der Waals surface area contributed by atoms with Gasteiger partial charge >= 0.3 is 0 Å². The van der Waals surface area contributed by atoms with Crippen LogP contribution in [-0.2, 0) is 0 Å². The highest BCUT2D eigenvalue weighted by atomic mass is 35.5. The van der Waals surface area contributed by atoms with Crippen LogP contribution in [0.2, 0.25) is 10.3 Å². The molecule has 5 heteroatoms. The summed E-state index contributed by atoms with van der Waals surface area (Å²) in [6.07, 6.45) is 2.76. The first-order chi connectivity index (χ1) is 10.5.